The van der Waals surface area contributed by atoms with Crippen molar-refractivity contribution in [3.8, 4) is 6.07 Å². The first-order chi connectivity index (χ1) is 8.30. The molecule has 1 aromatic carbocycles. The normalized spacial score (nSPS) is 10.1. The molecule has 0 aliphatic heterocycles. The van der Waals surface area contributed by atoms with Gasteiger partial charge in [0.1, 0.15) is 0 Å². The van der Waals surface area contributed by atoms with Gasteiger partial charge in [0, 0.05) is 23.6 Å². The molecule has 0 aliphatic rings. The van der Waals surface area contributed by atoms with Gasteiger partial charge in [-0.25, -0.2) is 0 Å². The van der Waals surface area contributed by atoms with E-state index in [4.69, 9.17) is 5.26 Å². The molecule has 84 valence electrons. The summed E-state index contributed by atoms with van der Waals surface area (Å²) in [6.45, 7) is 8.30. The molecule has 0 spiro atoms. The molecule has 2 aromatic rings. The zero-order valence-corrected chi connectivity index (χ0v) is 9.69. The number of nitriles is 1. The highest BCUT2D eigenvalue weighted by atomic mass is 14.9. The van der Waals surface area contributed by atoms with E-state index >= 15 is 0 Å². The van der Waals surface area contributed by atoms with Crippen LogP contribution in [-0.2, 0) is 13.0 Å². The monoisotopic (exact) mass is 222 g/mol. The van der Waals surface area contributed by atoms with Crippen LogP contribution in [0, 0.1) is 11.3 Å². The zero-order chi connectivity index (χ0) is 12.3. The molecule has 17 heavy (non-hydrogen) atoms. The van der Waals surface area contributed by atoms with Crippen molar-refractivity contribution >= 4 is 10.9 Å². The topological polar surface area (TPSA) is 28.7 Å². The van der Waals surface area contributed by atoms with Crippen LogP contribution in [0.5, 0.6) is 0 Å². The molecule has 2 heteroatoms. The number of fused-ring (bicyclic) bond motifs is 1. The molecule has 0 radical (unpaired) electrons. The second-order valence-corrected chi connectivity index (χ2v) is 3.93. The van der Waals surface area contributed by atoms with Crippen molar-refractivity contribution < 1.29 is 0 Å². The van der Waals surface area contributed by atoms with E-state index in [-0.39, 0.29) is 0 Å². The van der Waals surface area contributed by atoms with E-state index in [0.29, 0.717) is 5.56 Å². The van der Waals surface area contributed by atoms with Gasteiger partial charge >= 0.3 is 0 Å². The Hall–Kier alpha value is -2.27. The van der Waals surface area contributed by atoms with Crippen molar-refractivity contribution in [3.05, 3.63) is 60.8 Å². The van der Waals surface area contributed by atoms with E-state index in [1.54, 1.807) is 0 Å². The lowest BCUT2D eigenvalue weighted by Crippen LogP contribution is -1.91. The molecule has 2 rings (SSSR count). The van der Waals surface area contributed by atoms with Crippen LogP contribution in [0.2, 0.25) is 0 Å². The minimum Gasteiger partial charge on any atom is -0.343 e. The number of aromatic nitrogens is 1. The van der Waals surface area contributed by atoms with Crippen molar-refractivity contribution in [2.75, 3.05) is 0 Å². The highest BCUT2D eigenvalue weighted by Gasteiger charge is 2.07. The fraction of sp³-hybridized carbons (Fsp3) is 0.133. The van der Waals surface area contributed by atoms with Gasteiger partial charge in [0.2, 0.25) is 0 Å². The number of rotatable bonds is 4. The average molecular weight is 222 g/mol. The van der Waals surface area contributed by atoms with Crippen LogP contribution in [0.1, 0.15) is 11.1 Å². The van der Waals surface area contributed by atoms with Gasteiger partial charge in [0.05, 0.1) is 11.6 Å². The molecular formula is C15H14N2. The standard InChI is InChI=1S/C15H14N2/c1-3-5-13-11-17(8-4-2)15-7-6-12(10-16)9-14(13)15/h3-4,6-7,9,11H,1-2,5,8H2. The van der Waals surface area contributed by atoms with E-state index in [2.05, 4.69) is 30.0 Å². The molecule has 0 N–H and O–H groups in total. The molecule has 1 heterocycles. The van der Waals surface area contributed by atoms with Gasteiger partial charge < -0.3 is 4.57 Å². The average Bonchev–Trinajstić information content (AvgIpc) is 2.68. The number of allylic oxidation sites excluding steroid dienone is 2. The van der Waals surface area contributed by atoms with E-state index in [9.17, 15) is 0 Å². The predicted molar refractivity (Wildman–Crippen MR) is 70.8 cm³/mol. The summed E-state index contributed by atoms with van der Waals surface area (Å²) in [5.74, 6) is 0. The Morgan fingerprint density at radius 3 is 2.76 bits per heavy atom. The number of hydrogen-bond donors (Lipinski definition) is 0. The van der Waals surface area contributed by atoms with Gasteiger partial charge in [-0.2, -0.15) is 5.26 Å². The summed E-state index contributed by atoms with van der Waals surface area (Å²) in [5.41, 5.74) is 3.04. The molecule has 0 unspecified atom stereocenters. The lowest BCUT2D eigenvalue weighted by Gasteiger charge is -2.00. The van der Waals surface area contributed by atoms with Crippen molar-refractivity contribution in [3.63, 3.8) is 0 Å². The summed E-state index contributed by atoms with van der Waals surface area (Å²) in [6, 6.07) is 7.95. The molecule has 0 saturated heterocycles. The minimum atomic E-state index is 0.694. The third kappa shape index (κ3) is 2.00. The molecule has 1 aromatic heterocycles. The van der Waals surface area contributed by atoms with Crippen LogP contribution in [0.15, 0.2) is 49.7 Å². The van der Waals surface area contributed by atoms with Crippen LogP contribution < -0.4 is 0 Å². The summed E-state index contributed by atoms with van der Waals surface area (Å²) < 4.78 is 2.14. The number of benzene rings is 1. The van der Waals surface area contributed by atoms with Crippen LogP contribution in [0.4, 0.5) is 0 Å². The summed E-state index contributed by atoms with van der Waals surface area (Å²) in [5, 5.41) is 10.1. The Balaban J connectivity index is 2.67. The molecule has 0 fully saturated rings. The maximum atomic E-state index is 8.93. The Bertz CT molecular complexity index is 612. The molecule has 0 amide bonds. The van der Waals surface area contributed by atoms with Crippen molar-refractivity contribution in [2.45, 2.75) is 13.0 Å². The van der Waals surface area contributed by atoms with Gasteiger partial charge in [-0.05, 0) is 30.2 Å². The van der Waals surface area contributed by atoms with E-state index in [1.807, 2.05) is 30.4 Å². The van der Waals surface area contributed by atoms with Crippen molar-refractivity contribution in [1.29, 1.82) is 5.26 Å². The number of hydrogen-bond acceptors (Lipinski definition) is 1. The van der Waals surface area contributed by atoms with Crippen molar-refractivity contribution in [2.24, 2.45) is 0 Å². The first kappa shape index (κ1) is 11.2. The van der Waals surface area contributed by atoms with Crippen LogP contribution in [-0.4, -0.2) is 4.57 Å². The van der Waals surface area contributed by atoms with Gasteiger partial charge in [-0.3, -0.25) is 0 Å². The smallest absolute Gasteiger partial charge is 0.0991 e. The van der Waals surface area contributed by atoms with Crippen LogP contribution in [0.25, 0.3) is 10.9 Å². The quantitative estimate of drug-likeness (QED) is 0.728. The Morgan fingerprint density at radius 2 is 2.12 bits per heavy atom. The maximum absolute atomic E-state index is 8.93. The van der Waals surface area contributed by atoms with Gasteiger partial charge in [0.15, 0.2) is 0 Å². The highest BCUT2D eigenvalue weighted by molar-refractivity contribution is 5.85. The molecule has 0 atom stereocenters. The lowest BCUT2D eigenvalue weighted by atomic mass is 10.1. The predicted octanol–water partition coefficient (Wildman–Crippen LogP) is 3.43. The van der Waals surface area contributed by atoms with Crippen LogP contribution in [0.3, 0.4) is 0 Å². The molecule has 0 aliphatic carbocycles. The molecule has 0 saturated carbocycles. The highest BCUT2D eigenvalue weighted by Crippen LogP contribution is 2.23. The summed E-state index contributed by atoms with van der Waals surface area (Å²) in [6.07, 6.45) is 6.67. The number of nitrogens with zero attached hydrogens (tertiary/aromatic N) is 2. The largest absolute Gasteiger partial charge is 0.343 e. The Morgan fingerprint density at radius 1 is 1.29 bits per heavy atom. The van der Waals surface area contributed by atoms with E-state index in [0.717, 1.165) is 23.9 Å². The minimum absolute atomic E-state index is 0.694. The van der Waals surface area contributed by atoms with Gasteiger partial charge in [-0.15, -0.1) is 13.2 Å². The first-order valence-corrected chi connectivity index (χ1v) is 5.53. The lowest BCUT2D eigenvalue weighted by molar-refractivity contribution is 0.860. The molecule has 0 bridgehead atoms. The third-order valence-corrected chi connectivity index (χ3v) is 2.78. The van der Waals surface area contributed by atoms with Gasteiger partial charge in [-0.1, -0.05) is 12.2 Å². The van der Waals surface area contributed by atoms with Crippen LogP contribution >= 0.6 is 0 Å². The third-order valence-electron chi connectivity index (χ3n) is 2.78. The maximum Gasteiger partial charge on any atom is 0.0991 e. The summed E-state index contributed by atoms with van der Waals surface area (Å²) in [4.78, 5) is 0. The van der Waals surface area contributed by atoms with E-state index < -0.39 is 0 Å². The Labute approximate surface area is 101 Å². The second-order valence-electron chi connectivity index (χ2n) is 3.93. The second kappa shape index (κ2) is 4.71. The molecular weight excluding hydrogens is 208 g/mol. The fourth-order valence-corrected chi connectivity index (χ4v) is 2.05. The summed E-state index contributed by atoms with van der Waals surface area (Å²) in [7, 11) is 0. The molecule has 2 nitrogen and oxygen atoms in total. The van der Waals surface area contributed by atoms with E-state index in [1.165, 1.54) is 5.56 Å². The SMILES string of the molecule is C=CCc1cn(CC=C)c2ccc(C#N)cc12. The first-order valence-electron chi connectivity index (χ1n) is 5.53. The van der Waals surface area contributed by atoms with Crippen molar-refractivity contribution in [1.82, 2.24) is 4.57 Å². The fourth-order valence-electron chi connectivity index (χ4n) is 2.05. The zero-order valence-electron chi connectivity index (χ0n) is 9.69. The van der Waals surface area contributed by atoms with Gasteiger partial charge in [0.25, 0.3) is 0 Å². The Kier molecular flexibility index (Phi) is 3.11. The summed E-state index contributed by atoms with van der Waals surface area (Å²) >= 11 is 0.